The van der Waals surface area contributed by atoms with Crippen LogP contribution in [-0.2, 0) is 9.53 Å². The van der Waals surface area contributed by atoms with Gasteiger partial charge in [0.1, 0.15) is 5.82 Å². The van der Waals surface area contributed by atoms with E-state index in [2.05, 4.69) is 19.2 Å². The second-order valence-corrected chi connectivity index (χ2v) is 9.37. The maximum atomic E-state index is 12.4. The van der Waals surface area contributed by atoms with Crippen molar-refractivity contribution in [1.29, 1.82) is 0 Å². The molecule has 1 aromatic carbocycles. The van der Waals surface area contributed by atoms with E-state index in [1.807, 2.05) is 35.9 Å². The second-order valence-electron chi connectivity index (χ2n) is 7.84. The van der Waals surface area contributed by atoms with Crippen molar-refractivity contribution in [3.63, 3.8) is 0 Å². The molecule has 0 saturated carbocycles. The molecule has 2 aromatic rings. The van der Waals surface area contributed by atoms with Gasteiger partial charge in [0.15, 0.2) is 0 Å². The van der Waals surface area contributed by atoms with Crippen LogP contribution in [0.3, 0.4) is 0 Å². The predicted molar refractivity (Wildman–Crippen MR) is 110 cm³/mol. The number of ether oxygens (including phenoxy) is 1. The summed E-state index contributed by atoms with van der Waals surface area (Å²) in [5.41, 5.74) is 3.01. The van der Waals surface area contributed by atoms with Gasteiger partial charge in [0.2, 0.25) is 5.91 Å². The number of hydrogen-bond acceptors (Lipinski definition) is 4. The van der Waals surface area contributed by atoms with E-state index in [4.69, 9.17) is 21.4 Å². The summed E-state index contributed by atoms with van der Waals surface area (Å²) in [6.45, 7) is 6.95. The number of aromatic nitrogens is 2. The number of thioether (sulfide) groups is 1. The molecule has 1 saturated heterocycles. The first-order chi connectivity index (χ1) is 12.8. The van der Waals surface area contributed by atoms with Gasteiger partial charge in [0.05, 0.1) is 28.3 Å². The fraction of sp³-hybridized carbons (Fsp3) is 0.500. The van der Waals surface area contributed by atoms with E-state index in [0.29, 0.717) is 17.4 Å². The highest BCUT2D eigenvalue weighted by atomic mass is 35.5. The fourth-order valence-corrected chi connectivity index (χ4v) is 5.30. The third-order valence-corrected chi connectivity index (χ3v) is 6.74. The number of fused-ring (bicyclic) bond motifs is 1. The van der Waals surface area contributed by atoms with Crippen molar-refractivity contribution in [2.45, 2.75) is 50.5 Å². The highest BCUT2D eigenvalue weighted by Crippen LogP contribution is 2.45. The van der Waals surface area contributed by atoms with Gasteiger partial charge in [-0.2, -0.15) is 5.10 Å². The van der Waals surface area contributed by atoms with Crippen LogP contribution >= 0.6 is 23.4 Å². The van der Waals surface area contributed by atoms with Crippen molar-refractivity contribution < 1.29 is 9.53 Å². The van der Waals surface area contributed by atoms with Crippen molar-refractivity contribution in [3.05, 3.63) is 46.1 Å². The lowest BCUT2D eigenvalue weighted by Crippen LogP contribution is -2.36. The summed E-state index contributed by atoms with van der Waals surface area (Å²) in [5, 5.41) is 8.74. The number of nitrogens with zero attached hydrogens (tertiary/aromatic N) is 2. The zero-order chi connectivity index (χ0) is 19.2. The molecule has 0 aliphatic carbocycles. The molecule has 2 atom stereocenters. The van der Waals surface area contributed by atoms with Gasteiger partial charge in [-0.05, 0) is 51.3 Å². The third-order valence-electron chi connectivity index (χ3n) is 5.22. The van der Waals surface area contributed by atoms with E-state index in [1.54, 1.807) is 11.8 Å². The third kappa shape index (κ3) is 3.75. The smallest absolute Gasteiger partial charge is 0.235 e. The summed E-state index contributed by atoms with van der Waals surface area (Å²) in [6.07, 6.45) is 1.76. The molecule has 7 heteroatoms. The van der Waals surface area contributed by atoms with E-state index >= 15 is 0 Å². The Morgan fingerprint density at radius 3 is 2.78 bits per heavy atom. The molecule has 1 N–H and O–H groups in total. The molecular formula is C20H24ClN3O2S. The Labute approximate surface area is 168 Å². The Balaban J connectivity index is 1.78. The van der Waals surface area contributed by atoms with E-state index in [-0.39, 0.29) is 22.8 Å². The van der Waals surface area contributed by atoms with Crippen molar-refractivity contribution in [2.75, 3.05) is 17.7 Å². The van der Waals surface area contributed by atoms with Gasteiger partial charge >= 0.3 is 0 Å². The SMILES string of the molecule is Cc1nn(C2CCOC(C)(C)C2)c2c1C(c1ccc(Cl)cc1)SCC(=O)N2. The molecule has 3 heterocycles. The van der Waals surface area contributed by atoms with Crippen LogP contribution < -0.4 is 5.32 Å². The van der Waals surface area contributed by atoms with Gasteiger partial charge in [-0.3, -0.25) is 4.79 Å². The molecule has 1 aromatic heterocycles. The average molecular weight is 406 g/mol. The Hall–Kier alpha value is -1.50. The normalized spacial score (nSPS) is 24.8. The van der Waals surface area contributed by atoms with Crippen LogP contribution in [0.2, 0.25) is 5.02 Å². The fourth-order valence-electron chi connectivity index (χ4n) is 3.98. The van der Waals surface area contributed by atoms with E-state index in [9.17, 15) is 4.79 Å². The Bertz CT molecular complexity index is 863. The maximum absolute atomic E-state index is 12.4. The molecule has 2 unspecified atom stereocenters. The minimum Gasteiger partial charge on any atom is -0.375 e. The molecule has 2 aliphatic heterocycles. The molecule has 2 aliphatic rings. The molecule has 5 nitrogen and oxygen atoms in total. The lowest BCUT2D eigenvalue weighted by molar-refractivity contribution is -0.113. The summed E-state index contributed by atoms with van der Waals surface area (Å²) in [5.74, 6) is 1.27. The van der Waals surface area contributed by atoms with E-state index in [1.165, 1.54) is 0 Å². The summed E-state index contributed by atoms with van der Waals surface area (Å²) in [6, 6.07) is 8.09. The van der Waals surface area contributed by atoms with Gasteiger partial charge < -0.3 is 10.1 Å². The van der Waals surface area contributed by atoms with Crippen LogP contribution in [0.1, 0.15) is 54.8 Å². The number of nitrogens with one attached hydrogen (secondary N) is 1. The average Bonchev–Trinajstić information content (AvgIpc) is 2.81. The second kappa shape index (κ2) is 7.15. The molecule has 144 valence electrons. The number of halogens is 1. The number of amides is 1. The Morgan fingerprint density at radius 2 is 2.07 bits per heavy atom. The number of carbonyl (C=O) groups is 1. The topological polar surface area (TPSA) is 56.2 Å². The zero-order valence-electron chi connectivity index (χ0n) is 15.8. The first-order valence-electron chi connectivity index (χ1n) is 9.24. The predicted octanol–water partition coefficient (Wildman–Crippen LogP) is 4.75. The van der Waals surface area contributed by atoms with Crippen molar-refractivity contribution in [1.82, 2.24) is 9.78 Å². The van der Waals surface area contributed by atoms with E-state index in [0.717, 1.165) is 35.5 Å². The Morgan fingerprint density at radius 1 is 1.33 bits per heavy atom. The van der Waals surface area contributed by atoms with Crippen molar-refractivity contribution in [3.8, 4) is 0 Å². The van der Waals surface area contributed by atoms with Gasteiger partial charge in [-0.1, -0.05) is 23.7 Å². The molecule has 0 bridgehead atoms. The molecule has 1 fully saturated rings. The van der Waals surface area contributed by atoms with Crippen LogP contribution in [0.5, 0.6) is 0 Å². The van der Waals surface area contributed by atoms with Crippen molar-refractivity contribution >= 4 is 35.1 Å². The number of carbonyl (C=O) groups excluding carboxylic acids is 1. The molecule has 0 radical (unpaired) electrons. The number of hydrogen-bond donors (Lipinski definition) is 1. The lowest BCUT2D eigenvalue weighted by atomic mass is 9.94. The van der Waals surface area contributed by atoms with Crippen LogP contribution in [0.4, 0.5) is 5.82 Å². The zero-order valence-corrected chi connectivity index (χ0v) is 17.4. The quantitative estimate of drug-likeness (QED) is 0.783. The molecule has 1 amide bonds. The highest BCUT2D eigenvalue weighted by Gasteiger charge is 2.35. The van der Waals surface area contributed by atoms with Gasteiger partial charge in [0.25, 0.3) is 0 Å². The Kier molecular flexibility index (Phi) is 4.99. The van der Waals surface area contributed by atoms with Crippen LogP contribution in [0.25, 0.3) is 0 Å². The maximum Gasteiger partial charge on any atom is 0.235 e. The lowest BCUT2D eigenvalue weighted by Gasteiger charge is -2.36. The summed E-state index contributed by atoms with van der Waals surface area (Å²) in [7, 11) is 0. The summed E-state index contributed by atoms with van der Waals surface area (Å²) >= 11 is 7.70. The highest BCUT2D eigenvalue weighted by molar-refractivity contribution is 8.00. The number of anilines is 1. The largest absolute Gasteiger partial charge is 0.375 e. The minimum atomic E-state index is -0.186. The van der Waals surface area contributed by atoms with Gasteiger partial charge in [-0.15, -0.1) is 11.8 Å². The first kappa shape index (κ1) is 18.8. The summed E-state index contributed by atoms with van der Waals surface area (Å²) in [4.78, 5) is 12.4. The van der Waals surface area contributed by atoms with Crippen molar-refractivity contribution in [2.24, 2.45) is 0 Å². The van der Waals surface area contributed by atoms with Gasteiger partial charge in [-0.25, -0.2) is 4.68 Å². The van der Waals surface area contributed by atoms with Crippen LogP contribution in [0, 0.1) is 6.92 Å². The van der Waals surface area contributed by atoms with Gasteiger partial charge in [0, 0.05) is 17.2 Å². The molecule has 27 heavy (non-hydrogen) atoms. The van der Waals surface area contributed by atoms with Crippen LogP contribution in [0.15, 0.2) is 24.3 Å². The van der Waals surface area contributed by atoms with E-state index < -0.39 is 0 Å². The number of benzene rings is 1. The number of rotatable bonds is 2. The molecular weight excluding hydrogens is 382 g/mol. The molecule has 4 rings (SSSR count). The van der Waals surface area contributed by atoms with Crippen LogP contribution in [-0.4, -0.2) is 33.6 Å². The first-order valence-corrected chi connectivity index (χ1v) is 10.7. The minimum absolute atomic E-state index is 0.0187. The standard InChI is InChI=1S/C20H24ClN3O2S/c1-12-17-18(13-4-6-14(21)7-5-13)27-11-16(25)22-19(17)24(23-12)15-8-9-26-20(2,3)10-15/h4-7,15,18H,8-11H2,1-3H3,(H,22,25). The summed E-state index contributed by atoms with van der Waals surface area (Å²) < 4.78 is 7.90. The monoisotopic (exact) mass is 405 g/mol. The number of aryl methyl sites for hydroxylation is 1. The molecule has 0 spiro atoms.